The molecule has 0 bridgehead atoms. The van der Waals surface area contributed by atoms with Crippen molar-refractivity contribution in [2.24, 2.45) is 0 Å². The molecule has 4 rings (SSSR count). The van der Waals surface area contributed by atoms with Crippen molar-refractivity contribution < 1.29 is 33.0 Å². The molecule has 2 saturated heterocycles. The topological polar surface area (TPSA) is 133 Å². The summed E-state index contributed by atoms with van der Waals surface area (Å²) in [7, 11) is 0. The molecule has 12 nitrogen and oxygen atoms in total. The second kappa shape index (κ2) is 12.2. The minimum Gasteiger partial charge on any atom is -0.450 e. The van der Waals surface area contributed by atoms with Gasteiger partial charge in [0.1, 0.15) is 17.6 Å². The SMILES string of the molecule is CCOC(=O)NC[C@H]1CN(c2ccc(N3CCN(C(=O)CNC(=O)c4ccccn4)CC3)c(F)c2)C(=O)O1. The Bertz CT molecular complexity index is 1170. The lowest BCUT2D eigenvalue weighted by Crippen LogP contribution is -2.51. The van der Waals surface area contributed by atoms with Gasteiger partial charge in [-0.05, 0) is 37.3 Å². The highest BCUT2D eigenvalue weighted by molar-refractivity contribution is 5.94. The molecule has 2 N–H and O–H groups in total. The largest absolute Gasteiger partial charge is 0.450 e. The van der Waals surface area contributed by atoms with Gasteiger partial charge in [-0.2, -0.15) is 0 Å². The summed E-state index contributed by atoms with van der Waals surface area (Å²) in [4.78, 5) is 57.1. The Labute approximate surface area is 218 Å². The molecule has 0 unspecified atom stereocenters. The van der Waals surface area contributed by atoms with Crippen LogP contribution in [0.25, 0.3) is 0 Å². The van der Waals surface area contributed by atoms with Gasteiger partial charge in [0.05, 0.1) is 37.6 Å². The third-order valence-electron chi connectivity index (χ3n) is 6.14. The van der Waals surface area contributed by atoms with Crippen molar-refractivity contribution in [2.45, 2.75) is 13.0 Å². The quantitative estimate of drug-likeness (QED) is 0.525. The van der Waals surface area contributed by atoms with Crippen molar-refractivity contribution in [3.63, 3.8) is 0 Å². The standard InChI is InChI=1S/C25H29FN6O6/c1-2-37-24(35)29-14-18-16-32(25(36)38-18)17-6-7-21(19(26)13-17)30-9-11-31(12-10-30)22(33)15-28-23(34)20-5-3-4-8-27-20/h3-8,13,18H,2,9-12,14-16H2,1H3,(H,28,34)(H,29,35)/t18-/m0/s1. The number of carbonyl (C=O) groups is 4. The highest BCUT2D eigenvalue weighted by atomic mass is 19.1. The molecule has 13 heteroatoms. The lowest BCUT2D eigenvalue weighted by atomic mass is 10.2. The van der Waals surface area contributed by atoms with Crippen molar-refractivity contribution in [3.05, 3.63) is 54.1 Å². The third-order valence-corrected chi connectivity index (χ3v) is 6.14. The van der Waals surface area contributed by atoms with E-state index < -0.39 is 30.0 Å². The summed E-state index contributed by atoms with van der Waals surface area (Å²) in [6.45, 7) is 3.54. The van der Waals surface area contributed by atoms with Gasteiger partial charge < -0.3 is 29.9 Å². The molecule has 0 radical (unpaired) electrons. The number of hydrogen-bond donors (Lipinski definition) is 2. The first kappa shape index (κ1) is 26.6. The number of pyridine rings is 1. The average Bonchev–Trinajstić information content (AvgIpc) is 3.31. The Kier molecular flexibility index (Phi) is 8.56. The van der Waals surface area contributed by atoms with Crippen LogP contribution in [0.1, 0.15) is 17.4 Å². The van der Waals surface area contributed by atoms with Crippen LogP contribution in [0.2, 0.25) is 0 Å². The molecule has 2 fully saturated rings. The predicted octanol–water partition coefficient (Wildman–Crippen LogP) is 1.37. The van der Waals surface area contributed by atoms with Crippen LogP contribution >= 0.6 is 0 Å². The van der Waals surface area contributed by atoms with E-state index in [0.29, 0.717) is 37.6 Å². The van der Waals surface area contributed by atoms with E-state index in [1.54, 1.807) is 42.2 Å². The fraction of sp³-hybridized carbons (Fsp3) is 0.400. The molecule has 202 valence electrons. The summed E-state index contributed by atoms with van der Waals surface area (Å²) < 4.78 is 25.1. The molecular weight excluding hydrogens is 499 g/mol. The van der Waals surface area contributed by atoms with Crippen molar-refractivity contribution >= 4 is 35.4 Å². The van der Waals surface area contributed by atoms with Crippen LogP contribution in [-0.2, 0) is 14.3 Å². The van der Waals surface area contributed by atoms with Gasteiger partial charge in [-0.25, -0.2) is 14.0 Å². The zero-order valence-corrected chi connectivity index (χ0v) is 20.9. The van der Waals surface area contributed by atoms with Gasteiger partial charge >= 0.3 is 12.2 Å². The number of piperazine rings is 1. The van der Waals surface area contributed by atoms with Crippen molar-refractivity contribution in [1.29, 1.82) is 0 Å². The van der Waals surface area contributed by atoms with Crippen LogP contribution in [0.15, 0.2) is 42.6 Å². The Morgan fingerprint density at radius 3 is 2.61 bits per heavy atom. The number of nitrogens with zero attached hydrogens (tertiary/aromatic N) is 4. The average molecular weight is 529 g/mol. The minimum absolute atomic E-state index is 0.0808. The first-order valence-electron chi connectivity index (χ1n) is 12.3. The van der Waals surface area contributed by atoms with E-state index in [4.69, 9.17) is 9.47 Å². The zero-order valence-electron chi connectivity index (χ0n) is 20.9. The molecule has 38 heavy (non-hydrogen) atoms. The number of halogens is 1. The van der Waals surface area contributed by atoms with E-state index in [2.05, 4.69) is 15.6 Å². The predicted molar refractivity (Wildman–Crippen MR) is 134 cm³/mol. The zero-order chi connectivity index (χ0) is 27.1. The molecular formula is C25H29FN6O6. The maximum atomic E-state index is 15.0. The number of rotatable bonds is 8. The van der Waals surface area contributed by atoms with Crippen molar-refractivity contribution in [3.8, 4) is 0 Å². The number of hydrogen-bond acceptors (Lipinski definition) is 8. The fourth-order valence-electron chi connectivity index (χ4n) is 4.19. The number of benzene rings is 1. The van der Waals surface area contributed by atoms with Gasteiger partial charge in [-0.15, -0.1) is 0 Å². The number of aromatic nitrogens is 1. The van der Waals surface area contributed by atoms with E-state index in [-0.39, 0.29) is 37.8 Å². The number of cyclic esters (lactones) is 1. The van der Waals surface area contributed by atoms with Crippen LogP contribution in [-0.4, -0.2) is 92.4 Å². The number of alkyl carbamates (subject to hydrolysis) is 1. The second-order valence-electron chi connectivity index (χ2n) is 8.62. The van der Waals surface area contributed by atoms with Crippen molar-refractivity contribution in [2.75, 3.05) is 62.2 Å². The number of ether oxygens (including phenoxy) is 2. The number of amides is 4. The van der Waals surface area contributed by atoms with Crippen LogP contribution in [0.4, 0.5) is 25.4 Å². The van der Waals surface area contributed by atoms with E-state index in [0.717, 1.165) is 0 Å². The van der Waals surface area contributed by atoms with Gasteiger partial charge in [0, 0.05) is 32.4 Å². The molecule has 1 atom stereocenters. The highest BCUT2D eigenvalue weighted by Gasteiger charge is 2.33. The third kappa shape index (κ3) is 6.47. The molecule has 1 aromatic carbocycles. The summed E-state index contributed by atoms with van der Waals surface area (Å²) in [5.74, 6) is -1.17. The van der Waals surface area contributed by atoms with Crippen LogP contribution in [0, 0.1) is 5.82 Å². The maximum Gasteiger partial charge on any atom is 0.414 e. The molecule has 3 heterocycles. The van der Waals surface area contributed by atoms with E-state index in [9.17, 15) is 19.2 Å². The molecule has 2 aromatic rings. The Hall–Kier alpha value is -4.42. The van der Waals surface area contributed by atoms with E-state index in [1.165, 1.54) is 17.2 Å². The molecule has 1 aromatic heterocycles. The second-order valence-corrected chi connectivity index (χ2v) is 8.62. The van der Waals surface area contributed by atoms with Crippen LogP contribution in [0.3, 0.4) is 0 Å². The number of carbonyl (C=O) groups excluding carboxylic acids is 4. The lowest BCUT2D eigenvalue weighted by molar-refractivity contribution is -0.130. The van der Waals surface area contributed by atoms with Gasteiger partial charge in [-0.1, -0.05) is 6.07 Å². The van der Waals surface area contributed by atoms with Crippen LogP contribution in [0.5, 0.6) is 0 Å². The Balaban J connectivity index is 1.27. The summed E-state index contributed by atoms with van der Waals surface area (Å²) >= 11 is 0. The molecule has 2 aliphatic heterocycles. The lowest BCUT2D eigenvalue weighted by Gasteiger charge is -2.36. The first-order chi connectivity index (χ1) is 18.4. The maximum absolute atomic E-state index is 15.0. The number of nitrogens with one attached hydrogen (secondary N) is 2. The summed E-state index contributed by atoms with van der Waals surface area (Å²) in [5, 5.41) is 5.09. The molecule has 0 aliphatic carbocycles. The van der Waals surface area contributed by atoms with Gasteiger partial charge in [0.25, 0.3) is 5.91 Å². The molecule has 4 amide bonds. The normalized spacial score (nSPS) is 17.2. The van der Waals surface area contributed by atoms with Gasteiger partial charge in [-0.3, -0.25) is 19.5 Å². The van der Waals surface area contributed by atoms with E-state index >= 15 is 4.39 Å². The van der Waals surface area contributed by atoms with E-state index in [1.807, 2.05) is 4.90 Å². The smallest absolute Gasteiger partial charge is 0.414 e. The summed E-state index contributed by atoms with van der Waals surface area (Å²) in [6.07, 6.45) is -0.321. The summed E-state index contributed by atoms with van der Waals surface area (Å²) in [5.41, 5.74) is 0.930. The minimum atomic E-state index is -0.630. The Morgan fingerprint density at radius 2 is 1.92 bits per heavy atom. The molecule has 0 saturated carbocycles. The Morgan fingerprint density at radius 1 is 1.13 bits per heavy atom. The number of anilines is 2. The van der Waals surface area contributed by atoms with Gasteiger partial charge in [0.2, 0.25) is 5.91 Å². The van der Waals surface area contributed by atoms with Gasteiger partial charge in [0.15, 0.2) is 0 Å². The fourth-order valence-corrected chi connectivity index (χ4v) is 4.19. The summed E-state index contributed by atoms with van der Waals surface area (Å²) in [6, 6.07) is 9.43. The van der Waals surface area contributed by atoms with Crippen molar-refractivity contribution in [1.82, 2.24) is 20.5 Å². The highest BCUT2D eigenvalue weighted by Crippen LogP contribution is 2.28. The first-order valence-corrected chi connectivity index (χ1v) is 12.3. The molecule has 2 aliphatic rings. The molecule has 0 spiro atoms. The van der Waals surface area contributed by atoms with Crippen LogP contribution < -0.4 is 20.4 Å². The monoisotopic (exact) mass is 528 g/mol.